The lowest BCUT2D eigenvalue weighted by molar-refractivity contribution is 1.02. The van der Waals surface area contributed by atoms with Crippen molar-refractivity contribution in [2.45, 2.75) is 53.9 Å². The van der Waals surface area contributed by atoms with Gasteiger partial charge in [-0.05, 0) is 60.9 Å². The average Bonchev–Trinajstić information content (AvgIpc) is 2.48. The van der Waals surface area contributed by atoms with Crippen molar-refractivity contribution in [3.63, 3.8) is 0 Å². The molecule has 2 rings (SSSR count). The van der Waals surface area contributed by atoms with Crippen LogP contribution < -0.4 is 0 Å². The summed E-state index contributed by atoms with van der Waals surface area (Å²) in [5.74, 6) is 0. The third-order valence-corrected chi connectivity index (χ3v) is 3.88. The molecule has 0 unspecified atom stereocenters. The zero-order chi connectivity index (χ0) is 15.0. The van der Waals surface area contributed by atoms with Gasteiger partial charge in [0.1, 0.15) is 0 Å². The van der Waals surface area contributed by atoms with Crippen LogP contribution in [0, 0.1) is 13.8 Å². The van der Waals surface area contributed by atoms with E-state index in [1.54, 1.807) is 0 Å². The van der Waals surface area contributed by atoms with E-state index in [-0.39, 0.29) is 0 Å². The van der Waals surface area contributed by atoms with Crippen LogP contribution in [-0.2, 0) is 19.3 Å². The molecule has 0 atom stereocenters. The van der Waals surface area contributed by atoms with Gasteiger partial charge >= 0.3 is 0 Å². The maximum atomic E-state index is 2.23. The van der Waals surface area contributed by atoms with E-state index in [0.717, 1.165) is 19.3 Å². The summed E-state index contributed by atoms with van der Waals surface area (Å²) < 4.78 is 0. The lowest BCUT2D eigenvalue weighted by Crippen LogP contribution is -1.93. The summed E-state index contributed by atoms with van der Waals surface area (Å²) in [6.07, 6.45) is 3.47. The van der Waals surface area contributed by atoms with Crippen molar-refractivity contribution in [1.82, 2.24) is 0 Å². The molecule has 0 fully saturated rings. The maximum Gasteiger partial charge on any atom is -0.0302 e. The molecule has 0 saturated heterocycles. The van der Waals surface area contributed by atoms with Gasteiger partial charge in [-0.15, -0.1) is 0 Å². The fourth-order valence-corrected chi connectivity index (χ4v) is 2.61. The van der Waals surface area contributed by atoms with Crippen molar-refractivity contribution in [3.8, 4) is 0 Å². The monoisotopic (exact) mass is 268 g/mol. The van der Waals surface area contributed by atoms with Crippen LogP contribution in [0.15, 0.2) is 42.5 Å². The lowest BCUT2D eigenvalue weighted by atomic mass is 9.98. The largest absolute Gasteiger partial charge is 0.0620 e. The van der Waals surface area contributed by atoms with Crippen molar-refractivity contribution in [1.29, 1.82) is 0 Å². The molecule has 0 N–H and O–H groups in total. The van der Waals surface area contributed by atoms with Gasteiger partial charge in [0.05, 0.1) is 0 Å². The Morgan fingerprint density at radius 1 is 0.600 bits per heavy atom. The predicted octanol–water partition coefficient (Wildman–Crippen LogP) is 5.68. The van der Waals surface area contributed by atoms with E-state index in [1.165, 1.54) is 27.8 Å². The number of rotatable bonds is 3. The molecule has 0 aliphatic rings. The molecule has 0 saturated carbocycles. The first-order chi connectivity index (χ1) is 9.63. The number of benzene rings is 2. The van der Waals surface area contributed by atoms with Crippen LogP contribution in [0.3, 0.4) is 0 Å². The number of hydrogen-bond donors (Lipinski definition) is 0. The van der Waals surface area contributed by atoms with Crippen LogP contribution in [0.1, 0.15) is 48.6 Å². The first-order valence-electron chi connectivity index (χ1n) is 7.75. The zero-order valence-corrected chi connectivity index (χ0v) is 13.7. The molecule has 0 heterocycles. The van der Waals surface area contributed by atoms with Gasteiger partial charge in [0.15, 0.2) is 0 Å². The summed E-state index contributed by atoms with van der Waals surface area (Å²) in [6, 6.07) is 15.1. The summed E-state index contributed by atoms with van der Waals surface area (Å²) in [7, 11) is 0. The Morgan fingerprint density at radius 2 is 1.15 bits per heavy atom. The van der Waals surface area contributed by atoms with Crippen molar-refractivity contribution in [2.75, 3.05) is 0 Å². The van der Waals surface area contributed by atoms with Gasteiger partial charge in [0.2, 0.25) is 0 Å². The van der Waals surface area contributed by atoms with Crippen molar-refractivity contribution >= 4 is 0 Å². The topological polar surface area (TPSA) is 0 Å². The molecule has 0 aliphatic carbocycles. The van der Waals surface area contributed by atoms with Crippen LogP contribution in [0.4, 0.5) is 0 Å². The van der Waals surface area contributed by atoms with E-state index in [9.17, 15) is 0 Å². The smallest absolute Gasteiger partial charge is 0.0302 e. The third-order valence-electron chi connectivity index (χ3n) is 3.88. The fraction of sp³-hybridized carbons (Fsp3) is 0.400. The second-order valence-corrected chi connectivity index (χ2v) is 5.20. The van der Waals surface area contributed by atoms with Gasteiger partial charge in [0, 0.05) is 0 Å². The van der Waals surface area contributed by atoms with Crippen LogP contribution in [0.25, 0.3) is 0 Å². The third kappa shape index (κ3) is 4.52. The molecule has 0 aliphatic heterocycles. The number of aryl methyl sites for hydroxylation is 4. The van der Waals surface area contributed by atoms with E-state index >= 15 is 0 Å². The molecule has 20 heavy (non-hydrogen) atoms. The van der Waals surface area contributed by atoms with Crippen molar-refractivity contribution in [2.24, 2.45) is 0 Å². The Morgan fingerprint density at radius 3 is 1.60 bits per heavy atom. The molecule has 2 aromatic carbocycles. The predicted molar refractivity (Wildman–Crippen MR) is 90.5 cm³/mol. The summed E-state index contributed by atoms with van der Waals surface area (Å²) >= 11 is 0. The minimum atomic E-state index is 1.15. The van der Waals surface area contributed by atoms with Crippen molar-refractivity contribution < 1.29 is 0 Å². The summed E-state index contributed by atoms with van der Waals surface area (Å²) in [4.78, 5) is 0. The highest BCUT2D eigenvalue weighted by atomic mass is 14.0. The Bertz CT molecular complexity index is 523. The van der Waals surface area contributed by atoms with E-state index in [2.05, 4.69) is 77.1 Å². The van der Waals surface area contributed by atoms with Gasteiger partial charge in [-0.25, -0.2) is 0 Å². The molecule has 108 valence electrons. The fourth-order valence-electron chi connectivity index (χ4n) is 2.61. The Balaban J connectivity index is 0.000000204. The highest BCUT2D eigenvalue weighted by Gasteiger charge is 1.99. The average molecular weight is 268 g/mol. The second kappa shape index (κ2) is 8.58. The van der Waals surface area contributed by atoms with E-state index in [0.29, 0.717) is 0 Å². The minimum absolute atomic E-state index is 1.15. The van der Waals surface area contributed by atoms with Crippen LogP contribution >= 0.6 is 0 Å². The quantitative estimate of drug-likeness (QED) is 0.672. The van der Waals surface area contributed by atoms with E-state index < -0.39 is 0 Å². The standard InChI is InChI=1S/C11H16.C9H12/c1-4-10-8-6-7-9(3)11(10)5-2;1-3-9-7-5-4-6-8(9)2/h6-8H,4-5H2,1-3H3;4-7H,3H2,1-2H3. The van der Waals surface area contributed by atoms with Gasteiger partial charge in [-0.2, -0.15) is 0 Å². The van der Waals surface area contributed by atoms with Gasteiger partial charge in [0.25, 0.3) is 0 Å². The molecule has 0 nitrogen and oxygen atoms in total. The van der Waals surface area contributed by atoms with Crippen LogP contribution in [0.5, 0.6) is 0 Å². The first-order valence-corrected chi connectivity index (χ1v) is 7.75. The number of hydrogen-bond acceptors (Lipinski definition) is 0. The zero-order valence-electron chi connectivity index (χ0n) is 13.7. The van der Waals surface area contributed by atoms with Crippen LogP contribution in [0.2, 0.25) is 0 Å². The Hall–Kier alpha value is -1.56. The molecular formula is C20H28. The molecule has 0 heteroatoms. The summed E-state index contributed by atoms with van der Waals surface area (Å²) in [5.41, 5.74) is 7.34. The van der Waals surface area contributed by atoms with Gasteiger partial charge < -0.3 is 0 Å². The normalized spacial score (nSPS) is 9.85. The Labute approximate surface area is 124 Å². The maximum absolute atomic E-state index is 2.23. The van der Waals surface area contributed by atoms with Gasteiger partial charge in [-0.3, -0.25) is 0 Å². The molecular weight excluding hydrogens is 240 g/mol. The molecule has 2 aromatic rings. The van der Waals surface area contributed by atoms with Crippen molar-refractivity contribution in [3.05, 3.63) is 70.3 Å². The SMILES string of the molecule is CCc1cccc(C)c1CC.CCc1ccccc1C. The summed E-state index contributed by atoms with van der Waals surface area (Å²) in [6.45, 7) is 11.0. The molecule has 0 bridgehead atoms. The first kappa shape index (κ1) is 16.5. The molecule has 0 spiro atoms. The second-order valence-electron chi connectivity index (χ2n) is 5.20. The Kier molecular flexibility index (Phi) is 7.08. The molecule has 0 radical (unpaired) electrons. The highest BCUT2D eigenvalue weighted by Crippen LogP contribution is 2.14. The lowest BCUT2D eigenvalue weighted by Gasteiger charge is -2.07. The molecule has 0 aromatic heterocycles. The van der Waals surface area contributed by atoms with Gasteiger partial charge in [-0.1, -0.05) is 63.2 Å². The summed E-state index contributed by atoms with van der Waals surface area (Å²) in [5, 5.41) is 0. The molecule has 0 amide bonds. The minimum Gasteiger partial charge on any atom is -0.0620 e. The van der Waals surface area contributed by atoms with E-state index in [4.69, 9.17) is 0 Å². The van der Waals surface area contributed by atoms with E-state index in [1.807, 2.05) is 0 Å². The van der Waals surface area contributed by atoms with Crippen LogP contribution in [-0.4, -0.2) is 0 Å². The highest BCUT2D eigenvalue weighted by molar-refractivity contribution is 5.34.